The Bertz CT molecular complexity index is 887. The SMILES string of the molecule is Cc1nc(C(F)(F)F)c(-c2nnn(SCc3ccc(Cl)cc3)c2C)s1. The first-order valence-electron chi connectivity index (χ1n) is 7.10. The van der Waals surface area contributed by atoms with E-state index in [1.807, 2.05) is 12.1 Å². The molecule has 0 saturated carbocycles. The van der Waals surface area contributed by atoms with Gasteiger partial charge in [0.05, 0.1) is 15.6 Å². The van der Waals surface area contributed by atoms with Gasteiger partial charge in [0.1, 0.15) is 5.69 Å². The molecular formula is C15H12ClF3N4S2. The number of aryl methyl sites for hydroxylation is 1. The summed E-state index contributed by atoms with van der Waals surface area (Å²) in [5.41, 5.74) is 0.873. The van der Waals surface area contributed by atoms with Crippen molar-refractivity contribution in [3.8, 4) is 10.6 Å². The summed E-state index contributed by atoms with van der Waals surface area (Å²) in [6.45, 7) is 3.23. The van der Waals surface area contributed by atoms with Gasteiger partial charge in [0.15, 0.2) is 5.69 Å². The van der Waals surface area contributed by atoms with Crippen LogP contribution in [0.2, 0.25) is 5.02 Å². The molecule has 2 heterocycles. The summed E-state index contributed by atoms with van der Waals surface area (Å²) in [4.78, 5) is 3.61. The van der Waals surface area contributed by atoms with Crippen LogP contribution in [0.5, 0.6) is 0 Å². The highest BCUT2D eigenvalue weighted by atomic mass is 35.5. The maximum absolute atomic E-state index is 13.2. The zero-order valence-corrected chi connectivity index (χ0v) is 15.5. The van der Waals surface area contributed by atoms with Crippen LogP contribution in [-0.2, 0) is 11.9 Å². The van der Waals surface area contributed by atoms with Crippen molar-refractivity contribution in [2.45, 2.75) is 25.8 Å². The predicted molar refractivity (Wildman–Crippen MR) is 93.8 cm³/mol. The Balaban J connectivity index is 1.86. The lowest BCUT2D eigenvalue weighted by Gasteiger charge is -2.05. The van der Waals surface area contributed by atoms with Gasteiger partial charge in [-0.15, -0.1) is 16.4 Å². The molecule has 0 radical (unpaired) electrons. The molecule has 10 heteroatoms. The lowest BCUT2D eigenvalue weighted by molar-refractivity contribution is -0.140. The molecule has 4 nitrogen and oxygen atoms in total. The molecule has 0 saturated heterocycles. The lowest BCUT2D eigenvalue weighted by Crippen LogP contribution is -2.07. The van der Waals surface area contributed by atoms with Crippen LogP contribution in [0.1, 0.15) is 22.0 Å². The van der Waals surface area contributed by atoms with Gasteiger partial charge >= 0.3 is 6.18 Å². The van der Waals surface area contributed by atoms with Gasteiger partial charge in [-0.2, -0.15) is 17.3 Å². The van der Waals surface area contributed by atoms with Gasteiger partial charge in [-0.3, -0.25) is 0 Å². The highest BCUT2D eigenvalue weighted by Crippen LogP contribution is 2.40. The number of halogens is 4. The van der Waals surface area contributed by atoms with Crippen LogP contribution in [0, 0.1) is 13.8 Å². The maximum Gasteiger partial charge on any atom is 0.434 e. The van der Waals surface area contributed by atoms with Gasteiger partial charge in [-0.1, -0.05) is 28.9 Å². The van der Waals surface area contributed by atoms with Gasteiger partial charge in [-0.05, 0) is 43.5 Å². The van der Waals surface area contributed by atoms with Gasteiger partial charge in [0.2, 0.25) is 0 Å². The number of rotatable bonds is 4. The van der Waals surface area contributed by atoms with Crippen LogP contribution < -0.4 is 0 Å². The minimum atomic E-state index is -4.52. The van der Waals surface area contributed by atoms with E-state index in [0.717, 1.165) is 16.9 Å². The molecule has 0 spiro atoms. The smallest absolute Gasteiger partial charge is 0.236 e. The van der Waals surface area contributed by atoms with E-state index in [1.54, 1.807) is 26.0 Å². The fourth-order valence-electron chi connectivity index (χ4n) is 2.14. The van der Waals surface area contributed by atoms with Crippen molar-refractivity contribution in [1.82, 2.24) is 19.4 Å². The van der Waals surface area contributed by atoms with Crippen molar-refractivity contribution in [2.24, 2.45) is 0 Å². The summed E-state index contributed by atoms with van der Waals surface area (Å²) in [5, 5.41) is 8.90. The van der Waals surface area contributed by atoms with E-state index < -0.39 is 11.9 Å². The van der Waals surface area contributed by atoms with Crippen LogP contribution >= 0.6 is 34.9 Å². The van der Waals surface area contributed by atoms with Crippen LogP contribution in [-0.4, -0.2) is 19.4 Å². The van der Waals surface area contributed by atoms with E-state index in [1.165, 1.54) is 16.0 Å². The molecule has 0 unspecified atom stereocenters. The summed E-state index contributed by atoms with van der Waals surface area (Å²) in [6, 6.07) is 7.34. The number of benzene rings is 1. The maximum atomic E-state index is 13.2. The standard InChI is InChI=1S/C15H12ClF3N4S2/c1-8-12(13-14(15(17,18)19)20-9(2)25-13)21-22-23(8)24-7-10-3-5-11(16)6-4-10/h3-6H,7H2,1-2H3. The number of alkyl halides is 3. The van der Waals surface area contributed by atoms with E-state index in [2.05, 4.69) is 15.3 Å². The zero-order chi connectivity index (χ0) is 18.2. The van der Waals surface area contributed by atoms with Gasteiger partial charge in [-0.25, -0.2) is 4.98 Å². The summed E-state index contributed by atoms with van der Waals surface area (Å²) < 4.78 is 41.0. The highest BCUT2D eigenvalue weighted by Gasteiger charge is 2.38. The fourth-order valence-corrected chi connectivity index (χ4v) is 4.08. The molecule has 1 aromatic carbocycles. The van der Waals surface area contributed by atoms with Crippen LogP contribution in [0.3, 0.4) is 0 Å². The topological polar surface area (TPSA) is 43.6 Å². The third-order valence-corrected chi connectivity index (χ3v) is 5.62. The molecule has 2 aromatic heterocycles. The van der Waals surface area contributed by atoms with Crippen LogP contribution in [0.15, 0.2) is 24.3 Å². The summed E-state index contributed by atoms with van der Waals surface area (Å²) in [6.07, 6.45) is -4.52. The summed E-state index contributed by atoms with van der Waals surface area (Å²) in [7, 11) is 0. The highest BCUT2D eigenvalue weighted by molar-refractivity contribution is 7.96. The molecule has 3 rings (SSSR count). The third kappa shape index (κ3) is 3.99. The average molecular weight is 405 g/mol. The fraction of sp³-hybridized carbons (Fsp3) is 0.267. The number of hydrogen-bond donors (Lipinski definition) is 0. The van der Waals surface area contributed by atoms with Crippen LogP contribution in [0.25, 0.3) is 10.6 Å². The Hall–Kier alpha value is -1.58. The normalized spacial score (nSPS) is 11.9. The average Bonchev–Trinajstić information content (AvgIpc) is 3.09. The number of aromatic nitrogens is 4. The number of hydrogen-bond acceptors (Lipinski definition) is 5. The summed E-state index contributed by atoms with van der Waals surface area (Å²) >= 11 is 8.16. The molecule has 0 aliphatic heterocycles. The lowest BCUT2D eigenvalue weighted by atomic mass is 10.2. The molecule has 0 N–H and O–H groups in total. The second-order valence-corrected chi connectivity index (χ2v) is 7.74. The van der Waals surface area contributed by atoms with E-state index in [-0.39, 0.29) is 10.6 Å². The van der Waals surface area contributed by atoms with E-state index >= 15 is 0 Å². The molecule has 3 aromatic rings. The van der Waals surface area contributed by atoms with E-state index in [0.29, 0.717) is 21.5 Å². The van der Waals surface area contributed by atoms with Crippen LogP contribution in [0.4, 0.5) is 13.2 Å². The van der Waals surface area contributed by atoms with Crippen molar-refractivity contribution < 1.29 is 13.2 Å². The largest absolute Gasteiger partial charge is 0.434 e. The first-order valence-corrected chi connectivity index (χ1v) is 9.24. The van der Waals surface area contributed by atoms with Gasteiger partial charge < -0.3 is 0 Å². The number of nitrogens with zero attached hydrogens (tertiary/aromatic N) is 4. The Morgan fingerprint density at radius 1 is 1.20 bits per heavy atom. The molecule has 0 aliphatic carbocycles. The monoisotopic (exact) mass is 404 g/mol. The minimum Gasteiger partial charge on any atom is -0.236 e. The van der Waals surface area contributed by atoms with Crippen molar-refractivity contribution in [3.05, 3.63) is 51.2 Å². The molecule has 0 amide bonds. The third-order valence-electron chi connectivity index (χ3n) is 3.34. The predicted octanol–water partition coefficient (Wildman–Crippen LogP) is 5.39. The van der Waals surface area contributed by atoms with E-state index in [9.17, 15) is 13.2 Å². The second kappa shape index (κ2) is 6.97. The first-order chi connectivity index (χ1) is 11.8. The Labute approximate surface area is 155 Å². The first kappa shape index (κ1) is 18.2. The Kier molecular flexibility index (Phi) is 5.08. The molecule has 0 atom stereocenters. The quantitative estimate of drug-likeness (QED) is 0.585. The van der Waals surface area contributed by atoms with Gasteiger partial charge in [0.25, 0.3) is 0 Å². The van der Waals surface area contributed by atoms with Crippen molar-refractivity contribution >= 4 is 34.9 Å². The molecule has 0 fully saturated rings. The van der Waals surface area contributed by atoms with Crippen molar-refractivity contribution in [3.63, 3.8) is 0 Å². The molecule has 0 aliphatic rings. The second-order valence-electron chi connectivity index (χ2n) is 5.20. The Morgan fingerprint density at radius 2 is 1.88 bits per heavy atom. The Morgan fingerprint density at radius 3 is 2.52 bits per heavy atom. The van der Waals surface area contributed by atoms with Crippen molar-refractivity contribution in [2.75, 3.05) is 0 Å². The molecule has 25 heavy (non-hydrogen) atoms. The zero-order valence-electron chi connectivity index (χ0n) is 13.1. The molecule has 132 valence electrons. The summed E-state index contributed by atoms with van der Waals surface area (Å²) in [5.74, 6) is 0.592. The molecular weight excluding hydrogens is 393 g/mol. The van der Waals surface area contributed by atoms with Crippen molar-refractivity contribution in [1.29, 1.82) is 0 Å². The molecule has 0 bridgehead atoms. The van der Waals surface area contributed by atoms with E-state index in [4.69, 9.17) is 11.6 Å². The van der Waals surface area contributed by atoms with Gasteiger partial charge in [0, 0.05) is 10.8 Å². The minimum absolute atomic E-state index is 0.000780. The number of thiazole rings is 1.